The van der Waals surface area contributed by atoms with Crippen molar-refractivity contribution in [1.29, 1.82) is 5.41 Å². The van der Waals surface area contributed by atoms with Gasteiger partial charge in [0.25, 0.3) is 0 Å². The van der Waals surface area contributed by atoms with Gasteiger partial charge in [0, 0.05) is 46.0 Å². The number of nitrogens with one attached hydrogen (secondary N) is 2. The normalized spacial score (nSPS) is 10.6. The number of amides is 1. The Labute approximate surface area is 157 Å². The molecule has 0 unspecified atom stereocenters. The van der Waals surface area contributed by atoms with Gasteiger partial charge >= 0.3 is 0 Å². The third kappa shape index (κ3) is 6.70. The highest BCUT2D eigenvalue weighted by atomic mass is 16.1. The molecule has 0 fully saturated rings. The molecule has 6 nitrogen and oxygen atoms in total. The predicted molar refractivity (Wildman–Crippen MR) is 112 cm³/mol. The molecule has 0 aliphatic rings. The smallest absolute Gasteiger partial charge is 0.224 e. The summed E-state index contributed by atoms with van der Waals surface area (Å²) in [5.74, 6) is 0.651. The number of carbonyl (C=O) groups is 1. The molecular formula is C20H31N5O. The molecule has 1 aromatic carbocycles. The van der Waals surface area contributed by atoms with Crippen molar-refractivity contribution in [2.24, 2.45) is 4.99 Å². The lowest BCUT2D eigenvalue weighted by Crippen LogP contribution is -2.30. The van der Waals surface area contributed by atoms with E-state index in [1.54, 1.807) is 0 Å². The van der Waals surface area contributed by atoms with Crippen LogP contribution in [0.1, 0.15) is 32.3 Å². The van der Waals surface area contributed by atoms with Crippen LogP contribution < -0.4 is 10.2 Å². The fraction of sp³-hybridized carbons (Fsp3) is 0.450. The van der Waals surface area contributed by atoms with E-state index in [0.29, 0.717) is 12.2 Å². The summed E-state index contributed by atoms with van der Waals surface area (Å²) < 4.78 is 0. The number of aliphatic imine (C=N–C) groups is 1. The van der Waals surface area contributed by atoms with E-state index in [0.717, 1.165) is 43.5 Å². The zero-order chi connectivity index (χ0) is 19.5. The molecule has 0 aromatic heterocycles. The van der Waals surface area contributed by atoms with Crippen molar-refractivity contribution in [2.45, 2.75) is 33.1 Å². The number of benzene rings is 1. The van der Waals surface area contributed by atoms with Crippen LogP contribution in [0.2, 0.25) is 0 Å². The molecule has 0 spiro atoms. The molecule has 0 radical (unpaired) electrons. The molecule has 0 aliphatic heterocycles. The second-order valence-corrected chi connectivity index (χ2v) is 6.21. The lowest BCUT2D eigenvalue weighted by atomic mass is 10.1. The molecular weight excluding hydrogens is 326 g/mol. The number of hydrogen-bond donors (Lipinski definition) is 2. The van der Waals surface area contributed by atoms with Crippen LogP contribution in [0.25, 0.3) is 0 Å². The highest BCUT2D eigenvalue weighted by Crippen LogP contribution is 2.27. The molecule has 0 aliphatic carbocycles. The first-order valence-electron chi connectivity index (χ1n) is 8.99. The maximum Gasteiger partial charge on any atom is 0.224 e. The molecule has 2 N–H and O–H groups in total. The second kappa shape index (κ2) is 11.1. The molecule has 1 rings (SSSR count). The van der Waals surface area contributed by atoms with Crippen molar-refractivity contribution < 1.29 is 4.79 Å². The minimum Gasteiger partial charge on any atom is -0.371 e. The number of carbonyl (C=O) groups excluding carboxylic acids is 1. The van der Waals surface area contributed by atoms with Gasteiger partial charge in [0.15, 0.2) is 0 Å². The molecule has 6 heteroatoms. The van der Waals surface area contributed by atoms with Gasteiger partial charge in [0.2, 0.25) is 5.91 Å². The van der Waals surface area contributed by atoms with Crippen LogP contribution in [-0.2, 0) is 11.2 Å². The van der Waals surface area contributed by atoms with Crippen LogP contribution in [0.3, 0.4) is 0 Å². The van der Waals surface area contributed by atoms with E-state index in [1.807, 2.05) is 32.0 Å². The number of aryl methyl sites for hydroxylation is 1. The van der Waals surface area contributed by atoms with Gasteiger partial charge in [-0.05, 0) is 30.5 Å². The zero-order valence-corrected chi connectivity index (χ0v) is 16.4. The van der Waals surface area contributed by atoms with Crippen molar-refractivity contribution in [3.63, 3.8) is 0 Å². The quantitative estimate of drug-likeness (QED) is 0.595. The average Bonchev–Trinajstić information content (AvgIpc) is 2.64. The maximum absolute atomic E-state index is 12.0. The predicted octanol–water partition coefficient (Wildman–Crippen LogP) is 3.55. The van der Waals surface area contributed by atoms with Crippen LogP contribution in [-0.4, -0.2) is 50.4 Å². The first-order valence-corrected chi connectivity index (χ1v) is 8.99. The summed E-state index contributed by atoms with van der Waals surface area (Å²) in [6.07, 6.45) is 4.83. The number of anilines is 2. The Morgan fingerprint density at radius 2 is 2.04 bits per heavy atom. The van der Waals surface area contributed by atoms with Crippen LogP contribution in [0.15, 0.2) is 35.6 Å². The van der Waals surface area contributed by atoms with Crippen molar-refractivity contribution in [3.8, 4) is 0 Å². The fourth-order valence-corrected chi connectivity index (χ4v) is 2.43. The number of rotatable bonds is 11. The average molecular weight is 358 g/mol. The molecule has 142 valence electrons. The SMILES string of the molecule is C=C(/N=C\C=N)N(C)CCN(C)c1cc(CC)ccc1NC(=O)CCC. The minimum atomic E-state index is 0.0397. The summed E-state index contributed by atoms with van der Waals surface area (Å²) in [4.78, 5) is 20.2. The summed E-state index contributed by atoms with van der Waals surface area (Å²) in [6.45, 7) is 9.49. The van der Waals surface area contributed by atoms with Crippen LogP contribution in [0.4, 0.5) is 11.4 Å². The number of nitrogens with zero attached hydrogens (tertiary/aromatic N) is 3. The van der Waals surface area contributed by atoms with E-state index in [-0.39, 0.29) is 5.91 Å². The van der Waals surface area contributed by atoms with Crippen LogP contribution in [0, 0.1) is 5.41 Å². The molecule has 26 heavy (non-hydrogen) atoms. The lowest BCUT2D eigenvalue weighted by molar-refractivity contribution is -0.116. The lowest BCUT2D eigenvalue weighted by Gasteiger charge is -2.27. The summed E-state index contributed by atoms with van der Waals surface area (Å²) in [6, 6.07) is 6.16. The van der Waals surface area contributed by atoms with Crippen molar-refractivity contribution in [1.82, 2.24) is 4.90 Å². The Kier molecular flexibility index (Phi) is 9.12. The first kappa shape index (κ1) is 21.4. The molecule has 1 amide bonds. The largest absolute Gasteiger partial charge is 0.371 e. The van der Waals surface area contributed by atoms with E-state index in [1.165, 1.54) is 11.8 Å². The van der Waals surface area contributed by atoms with E-state index in [4.69, 9.17) is 5.41 Å². The summed E-state index contributed by atoms with van der Waals surface area (Å²) in [7, 11) is 3.94. The Hall–Kier alpha value is -2.63. The molecule has 0 heterocycles. The van der Waals surface area contributed by atoms with Gasteiger partial charge in [-0.2, -0.15) is 0 Å². The standard InChI is InChI=1S/C20H31N5O/c1-6-8-20(26)23-18-10-9-17(7-2)15-19(18)25(5)14-13-24(4)16(3)22-12-11-21/h9-12,15,21H,3,6-8,13-14H2,1-2,4-5H3,(H,23,26)/b21-11?,22-12-. The third-order valence-electron chi connectivity index (χ3n) is 4.14. The van der Waals surface area contributed by atoms with Gasteiger partial charge in [-0.3, -0.25) is 4.79 Å². The van der Waals surface area contributed by atoms with Gasteiger partial charge in [-0.15, -0.1) is 0 Å². The van der Waals surface area contributed by atoms with Gasteiger partial charge in [-0.25, -0.2) is 4.99 Å². The number of likely N-dealkylation sites (N-methyl/N-ethyl adjacent to an activating group) is 2. The Morgan fingerprint density at radius 3 is 2.65 bits per heavy atom. The molecule has 0 saturated carbocycles. The van der Waals surface area contributed by atoms with E-state index >= 15 is 0 Å². The Morgan fingerprint density at radius 1 is 1.31 bits per heavy atom. The molecule has 1 aromatic rings. The topological polar surface area (TPSA) is 71.8 Å². The molecule has 0 bridgehead atoms. The highest BCUT2D eigenvalue weighted by Gasteiger charge is 2.12. The van der Waals surface area contributed by atoms with Crippen LogP contribution in [0.5, 0.6) is 0 Å². The summed E-state index contributed by atoms with van der Waals surface area (Å²) in [5.41, 5.74) is 3.08. The van der Waals surface area contributed by atoms with Crippen molar-refractivity contribution in [3.05, 3.63) is 36.2 Å². The van der Waals surface area contributed by atoms with E-state index < -0.39 is 0 Å². The van der Waals surface area contributed by atoms with E-state index in [9.17, 15) is 4.79 Å². The van der Waals surface area contributed by atoms with Crippen molar-refractivity contribution >= 4 is 29.7 Å². The summed E-state index contributed by atoms with van der Waals surface area (Å²) >= 11 is 0. The number of hydrogen-bond acceptors (Lipinski definition) is 5. The minimum absolute atomic E-state index is 0.0397. The Balaban J connectivity index is 2.86. The van der Waals surface area contributed by atoms with Crippen molar-refractivity contribution in [2.75, 3.05) is 37.4 Å². The monoisotopic (exact) mass is 357 g/mol. The van der Waals surface area contributed by atoms with Gasteiger partial charge in [0.1, 0.15) is 5.82 Å². The molecule has 0 saturated heterocycles. The van der Waals surface area contributed by atoms with Crippen LogP contribution >= 0.6 is 0 Å². The zero-order valence-electron chi connectivity index (χ0n) is 16.4. The van der Waals surface area contributed by atoms with Gasteiger partial charge < -0.3 is 20.5 Å². The third-order valence-corrected chi connectivity index (χ3v) is 4.14. The van der Waals surface area contributed by atoms with Gasteiger partial charge in [0.05, 0.1) is 11.4 Å². The van der Waals surface area contributed by atoms with Gasteiger partial charge in [-0.1, -0.05) is 26.5 Å². The van der Waals surface area contributed by atoms with E-state index in [2.05, 4.69) is 40.8 Å². The summed E-state index contributed by atoms with van der Waals surface area (Å²) in [5, 5.41) is 10.0. The fourth-order valence-electron chi connectivity index (χ4n) is 2.43. The Bertz CT molecular complexity index is 654. The maximum atomic E-state index is 12.0. The highest BCUT2D eigenvalue weighted by molar-refractivity contribution is 6.14. The first-order chi connectivity index (χ1) is 12.4. The second-order valence-electron chi connectivity index (χ2n) is 6.21. The molecule has 0 atom stereocenters.